The molecule has 2 unspecified atom stereocenters. The Hall–Kier alpha value is -0.940. The van der Waals surface area contributed by atoms with Crippen LogP contribution in [0.2, 0.25) is 0 Å². The molecule has 2 N–H and O–H groups in total. The maximum Gasteiger partial charge on any atom is 0.406 e. The standard InChI is InChI=1S/C17H25ClN3O7PS/c1-16(2,3)14(23)30-8-6-19-29(25)26-9-10-12(28-29)17(4,18)13(27-10)21-7-5-11(22)20-15(21)24/h5,7,10,12-13H,6,8-9H2,1-4H3,(H,19,25)(H,20,22,24)/t10-,12?,13-,17-,29?/m1/s1. The molecule has 13 heteroatoms. The van der Waals surface area contributed by atoms with Gasteiger partial charge in [0.25, 0.3) is 5.56 Å². The fourth-order valence-corrected chi connectivity index (χ4v) is 6.09. The van der Waals surface area contributed by atoms with Gasteiger partial charge in [0.2, 0.25) is 0 Å². The summed E-state index contributed by atoms with van der Waals surface area (Å²) in [5.41, 5.74) is -1.68. The van der Waals surface area contributed by atoms with E-state index in [1.54, 1.807) is 6.92 Å². The number of fused-ring (bicyclic) bond motifs is 1. The van der Waals surface area contributed by atoms with Crippen molar-refractivity contribution in [1.82, 2.24) is 14.6 Å². The average molecular weight is 482 g/mol. The highest BCUT2D eigenvalue weighted by atomic mass is 35.5. The fraction of sp³-hybridized carbons (Fsp3) is 0.706. The Balaban J connectivity index is 1.66. The number of H-pyrrole nitrogens is 1. The minimum atomic E-state index is -3.69. The van der Waals surface area contributed by atoms with E-state index in [0.717, 1.165) is 16.3 Å². The summed E-state index contributed by atoms with van der Waals surface area (Å²) in [7, 11) is -3.69. The summed E-state index contributed by atoms with van der Waals surface area (Å²) in [5.74, 6) is 0.394. The van der Waals surface area contributed by atoms with Gasteiger partial charge < -0.3 is 4.74 Å². The van der Waals surface area contributed by atoms with Crippen molar-refractivity contribution in [1.29, 1.82) is 0 Å². The molecule has 0 aliphatic carbocycles. The molecule has 0 radical (unpaired) electrons. The lowest BCUT2D eigenvalue weighted by molar-refractivity contribution is -0.117. The number of carbonyl (C=O) groups is 1. The predicted molar refractivity (Wildman–Crippen MR) is 113 cm³/mol. The third-order valence-corrected chi connectivity index (χ3v) is 7.99. The van der Waals surface area contributed by atoms with E-state index in [-0.39, 0.29) is 18.3 Å². The number of nitrogens with one attached hydrogen (secondary N) is 2. The molecule has 0 aromatic carbocycles. The first-order valence-electron chi connectivity index (χ1n) is 9.35. The van der Waals surface area contributed by atoms with Crippen molar-refractivity contribution in [2.45, 2.75) is 51.0 Å². The highest BCUT2D eigenvalue weighted by Gasteiger charge is 2.59. The Labute approximate surface area is 182 Å². The molecular weight excluding hydrogens is 457 g/mol. The van der Waals surface area contributed by atoms with Gasteiger partial charge in [-0.3, -0.25) is 28.2 Å². The second-order valence-electron chi connectivity index (χ2n) is 8.31. The molecule has 1 aromatic rings. The van der Waals surface area contributed by atoms with E-state index in [1.807, 2.05) is 20.8 Å². The second-order valence-corrected chi connectivity index (χ2v) is 12.0. The van der Waals surface area contributed by atoms with E-state index in [9.17, 15) is 18.9 Å². The molecule has 2 saturated heterocycles. The van der Waals surface area contributed by atoms with Crippen LogP contribution in [0.25, 0.3) is 0 Å². The van der Waals surface area contributed by atoms with E-state index in [0.29, 0.717) is 5.75 Å². The highest BCUT2D eigenvalue weighted by Crippen LogP contribution is 2.57. The topological polar surface area (TPSA) is 129 Å². The Morgan fingerprint density at radius 1 is 1.47 bits per heavy atom. The Morgan fingerprint density at radius 2 is 2.17 bits per heavy atom. The molecule has 0 spiro atoms. The molecular formula is C17H25ClN3O7PS. The summed E-state index contributed by atoms with van der Waals surface area (Å²) < 4.78 is 31.0. The number of ether oxygens (including phenoxy) is 1. The molecule has 2 fully saturated rings. The van der Waals surface area contributed by atoms with Gasteiger partial charge in [0, 0.05) is 30.0 Å². The van der Waals surface area contributed by atoms with Crippen molar-refractivity contribution < 1.29 is 23.1 Å². The minimum Gasteiger partial charge on any atom is -0.347 e. The summed E-state index contributed by atoms with van der Waals surface area (Å²) in [6, 6.07) is 1.18. The van der Waals surface area contributed by atoms with Crippen molar-refractivity contribution in [2.75, 3.05) is 18.9 Å². The van der Waals surface area contributed by atoms with Crippen LogP contribution in [-0.2, 0) is 23.1 Å². The molecule has 0 amide bonds. The van der Waals surface area contributed by atoms with Crippen LogP contribution in [0.4, 0.5) is 0 Å². The van der Waals surface area contributed by atoms with E-state index < -0.39 is 47.7 Å². The van der Waals surface area contributed by atoms with Gasteiger partial charge in [-0.25, -0.2) is 14.4 Å². The highest BCUT2D eigenvalue weighted by molar-refractivity contribution is 8.13. The van der Waals surface area contributed by atoms with Gasteiger partial charge in [-0.1, -0.05) is 32.5 Å². The smallest absolute Gasteiger partial charge is 0.347 e. The molecule has 1 aromatic heterocycles. The first kappa shape index (κ1) is 23.7. The van der Waals surface area contributed by atoms with Crippen molar-refractivity contribution in [3.05, 3.63) is 33.1 Å². The quantitative estimate of drug-likeness (QED) is 0.367. The van der Waals surface area contributed by atoms with Crippen molar-refractivity contribution in [2.24, 2.45) is 5.41 Å². The number of rotatable bonds is 5. The summed E-state index contributed by atoms with van der Waals surface area (Å²) >= 11 is 7.82. The maximum absolute atomic E-state index is 13.0. The Bertz CT molecular complexity index is 973. The lowest BCUT2D eigenvalue weighted by Gasteiger charge is -2.35. The number of alkyl halides is 1. The summed E-state index contributed by atoms with van der Waals surface area (Å²) in [4.78, 5) is 36.3. The third-order valence-electron chi connectivity index (χ3n) is 4.70. The average Bonchev–Trinajstić information content (AvgIpc) is 2.88. The van der Waals surface area contributed by atoms with E-state index in [2.05, 4.69) is 10.1 Å². The van der Waals surface area contributed by atoms with Crippen molar-refractivity contribution >= 4 is 36.2 Å². The molecule has 10 nitrogen and oxygen atoms in total. The normalized spacial score (nSPS) is 34.0. The zero-order valence-electron chi connectivity index (χ0n) is 17.0. The molecule has 2 aliphatic heterocycles. The van der Waals surface area contributed by atoms with Crippen LogP contribution in [0.3, 0.4) is 0 Å². The van der Waals surface area contributed by atoms with Gasteiger partial charge in [0.05, 0.1) is 6.61 Å². The monoisotopic (exact) mass is 481 g/mol. The molecule has 30 heavy (non-hydrogen) atoms. The van der Waals surface area contributed by atoms with E-state index >= 15 is 0 Å². The van der Waals surface area contributed by atoms with Crippen molar-refractivity contribution in [3.63, 3.8) is 0 Å². The molecule has 3 rings (SSSR count). The predicted octanol–water partition coefficient (Wildman–Crippen LogP) is 1.85. The molecule has 3 heterocycles. The minimum absolute atomic E-state index is 0.0276. The summed E-state index contributed by atoms with van der Waals surface area (Å²) in [5, 5.41) is 2.76. The molecule has 168 valence electrons. The summed E-state index contributed by atoms with van der Waals surface area (Å²) in [6.45, 7) is 7.27. The number of hydrogen-bond acceptors (Lipinski definition) is 8. The van der Waals surface area contributed by atoms with Crippen LogP contribution in [0.1, 0.15) is 33.9 Å². The van der Waals surface area contributed by atoms with Gasteiger partial charge >= 0.3 is 13.4 Å². The number of aromatic amines is 1. The number of aromatic nitrogens is 2. The van der Waals surface area contributed by atoms with Crippen LogP contribution >= 0.6 is 31.1 Å². The third kappa shape index (κ3) is 4.93. The number of halogens is 1. The zero-order chi connectivity index (χ0) is 22.3. The second kappa shape index (κ2) is 8.54. The lowest BCUT2D eigenvalue weighted by Crippen LogP contribution is -2.46. The van der Waals surface area contributed by atoms with E-state index in [4.69, 9.17) is 25.4 Å². The Kier molecular flexibility index (Phi) is 6.75. The number of carbonyl (C=O) groups excluding carboxylic acids is 1. The van der Waals surface area contributed by atoms with Crippen LogP contribution in [0.5, 0.6) is 0 Å². The van der Waals surface area contributed by atoms with Gasteiger partial charge in [0.1, 0.15) is 17.1 Å². The maximum atomic E-state index is 13.0. The lowest BCUT2D eigenvalue weighted by atomic mass is 10.00. The van der Waals surface area contributed by atoms with Gasteiger partial charge in [-0.15, -0.1) is 11.6 Å². The van der Waals surface area contributed by atoms with Gasteiger partial charge in [0.15, 0.2) is 11.3 Å². The number of hydrogen-bond donors (Lipinski definition) is 2. The SMILES string of the molecule is CC(C)(C)C(=O)SCCNP1(=O)OC[C@H]2O[C@@H](n3ccc(=O)[nH]c3=O)[C@](C)(Cl)C2O1. The molecule has 5 atom stereocenters. The van der Waals surface area contributed by atoms with E-state index in [1.165, 1.54) is 12.3 Å². The van der Waals surface area contributed by atoms with Gasteiger partial charge in [-0.05, 0) is 6.92 Å². The van der Waals surface area contributed by atoms with Crippen LogP contribution in [0, 0.1) is 5.41 Å². The molecule has 2 aliphatic rings. The number of thioether (sulfide) groups is 1. The van der Waals surface area contributed by atoms with Crippen LogP contribution in [0.15, 0.2) is 21.9 Å². The largest absolute Gasteiger partial charge is 0.406 e. The number of nitrogens with zero attached hydrogens (tertiary/aromatic N) is 1. The first-order valence-corrected chi connectivity index (χ1v) is 12.3. The van der Waals surface area contributed by atoms with Crippen LogP contribution < -0.4 is 16.3 Å². The summed E-state index contributed by atoms with van der Waals surface area (Å²) in [6.07, 6.45) is -1.17. The first-order chi connectivity index (χ1) is 13.8. The molecule has 0 saturated carbocycles. The van der Waals surface area contributed by atoms with Crippen molar-refractivity contribution in [3.8, 4) is 0 Å². The fourth-order valence-electron chi connectivity index (χ4n) is 3.10. The zero-order valence-corrected chi connectivity index (χ0v) is 19.5. The van der Waals surface area contributed by atoms with Gasteiger partial charge in [-0.2, -0.15) is 0 Å². The molecule has 0 bridgehead atoms. The Morgan fingerprint density at radius 3 is 2.80 bits per heavy atom. The van der Waals surface area contributed by atoms with Crippen LogP contribution in [-0.4, -0.2) is 50.7 Å².